The summed E-state index contributed by atoms with van der Waals surface area (Å²) in [5, 5.41) is 8.71. The van der Waals surface area contributed by atoms with Gasteiger partial charge < -0.3 is 10.0 Å². The fourth-order valence-electron chi connectivity index (χ4n) is 2.92. The van der Waals surface area contributed by atoms with Gasteiger partial charge in [0, 0.05) is 37.9 Å². The lowest BCUT2D eigenvalue weighted by Gasteiger charge is -2.35. The first-order valence-corrected chi connectivity index (χ1v) is 9.72. The molecule has 0 aliphatic carbocycles. The number of piperazine rings is 1. The normalized spacial score (nSPS) is 16.1. The predicted molar refractivity (Wildman–Crippen MR) is 101 cm³/mol. The van der Waals surface area contributed by atoms with Gasteiger partial charge in [0.15, 0.2) is 0 Å². The van der Waals surface area contributed by atoms with Crippen LogP contribution >= 0.6 is 0 Å². The molecule has 26 heavy (non-hydrogen) atoms. The summed E-state index contributed by atoms with van der Waals surface area (Å²) in [6, 6.07) is 16.2. The van der Waals surface area contributed by atoms with Gasteiger partial charge in [-0.05, 0) is 35.9 Å². The number of hydrogen-bond donors (Lipinski definition) is 1. The van der Waals surface area contributed by atoms with Crippen molar-refractivity contribution in [3.05, 3.63) is 66.2 Å². The van der Waals surface area contributed by atoms with Crippen LogP contribution in [0.4, 0.5) is 5.69 Å². The SMILES string of the molecule is O=C(O)/C=C/c1cccc(S(=O)(=O)N2CCN(c3ccccc3)CC2)c1. The summed E-state index contributed by atoms with van der Waals surface area (Å²) in [6.07, 6.45) is 2.37. The van der Waals surface area contributed by atoms with Crippen LogP contribution in [0.15, 0.2) is 65.6 Å². The van der Waals surface area contributed by atoms with Gasteiger partial charge in [-0.25, -0.2) is 13.2 Å². The maximum Gasteiger partial charge on any atom is 0.328 e. The molecule has 1 N–H and O–H groups in total. The average Bonchev–Trinajstić information content (AvgIpc) is 2.67. The van der Waals surface area contributed by atoms with E-state index < -0.39 is 16.0 Å². The van der Waals surface area contributed by atoms with Gasteiger partial charge >= 0.3 is 5.97 Å². The van der Waals surface area contributed by atoms with E-state index in [2.05, 4.69) is 4.90 Å². The molecule has 3 rings (SSSR count). The topological polar surface area (TPSA) is 77.9 Å². The Balaban J connectivity index is 1.73. The molecule has 0 radical (unpaired) electrons. The molecule has 0 saturated carbocycles. The van der Waals surface area contributed by atoms with Crippen molar-refractivity contribution >= 4 is 27.8 Å². The molecule has 7 heteroatoms. The minimum Gasteiger partial charge on any atom is -0.478 e. The van der Waals surface area contributed by atoms with E-state index in [0.717, 1.165) is 11.8 Å². The van der Waals surface area contributed by atoms with Crippen LogP contribution in [0.5, 0.6) is 0 Å². The van der Waals surface area contributed by atoms with Crippen molar-refractivity contribution < 1.29 is 18.3 Å². The highest BCUT2D eigenvalue weighted by molar-refractivity contribution is 7.89. The second kappa shape index (κ2) is 7.72. The average molecular weight is 372 g/mol. The summed E-state index contributed by atoms with van der Waals surface area (Å²) in [5.41, 5.74) is 1.63. The number of sulfonamides is 1. The minimum atomic E-state index is -3.60. The highest BCUT2D eigenvalue weighted by Gasteiger charge is 2.28. The number of benzene rings is 2. The van der Waals surface area contributed by atoms with Crippen LogP contribution in [0.25, 0.3) is 6.08 Å². The molecule has 1 aliphatic heterocycles. The summed E-state index contributed by atoms with van der Waals surface area (Å²) in [6.45, 7) is 2.07. The molecular formula is C19H20N2O4S. The summed E-state index contributed by atoms with van der Waals surface area (Å²) >= 11 is 0. The van der Waals surface area contributed by atoms with Gasteiger partial charge in [0.2, 0.25) is 10.0 Å². The van der Waals surface area contributed by atoms with E-state index in [1.54, 1.807) is 12.1 Å². The lowest BCUT2D eigenvalue weighted by atomic mass is 10.2. The maximum atomic E-state index is 12.9. The predicted octanol–water partition coefficient (Wildman–Crippen LogP) is 2.30. The molecule has 0 amide bonds. The zero-order valence-electron chi connectivity index (χ0n) is 14.2. The summed E-state index contributed by atoms with van der Waals surface area (Å²) in [5.74, 6) is -1.07. The third-order valence-corrected chi connectivity index (χ3v) is 6.17. The van der Waals surface area contributed by atoms with Gasteiger partial charge in [-0.15, -0.1) is 0 Å². The highest BCUT2D eigenvalue weighted by Crippen LogP contribution is 2.22. The third-order valence-electron chi connectivity index (χ3n) is 4.27. The molecule has 1 saturated heterocycles. The van der Waals surface area contributed by atoms with Crippen molar-refractivity contribution in [3.63, 3.8) is 0 Å². The number of nitrogens with zero attached hydrogens (tertiary/aromatic N) is 2. The van der Waals surface area contributed by atoms with E-state index in [-0.39, 0.29) is 4.90 Å². The van der Waals surface area contributed by atoms with Crippen LogP contribution in [-0.2, 0) is 14.8 Å². The van der Waals surface area contributed by atoms with E-state index in [0.29, 0.717) is 31.7 Å². The Bertz CT molecular complexity index is 902. The molecule has 1 aliphatic rings. The van der Waals surface area contributed by atoms with Gasteiger partial charge in [0.1, 0.15) is 0 Å². The van der Waals surface area contributed by atoms with Crippen molar-refractivity contribution in [1.29, 1.82) is 0 Å². The summed E-state index contributed by atoms with van der Waals surface area (Å²) < 4.78 is 27.3. The third kappa shape index (κ3) is 4.12. The zero-order chi connectivity index (χ0) is 18.6. The number of carboxylic acids is 1. The van der Waals surface area contributed by atoms with Crippen LogP contribution in [0, 0.1) is 0 Å². The fraction of sp³-hybridized carbons (Fsp3) is 0.211. The van der Waals surface area contributed by atoms with Gasteiger partial charge in [-0.3, -0.25) is 0 Å². The van der Waals surface area contributed by atoms with E-state index in [1.165, 1.54) is 22.5 Å². The second-order valence-corrected chi connectivity index (χ2v) is 7.91. The Labute approximate surface area is 153 Å². The first-order chi connectivity index (χ1) is 12.5. The monoisotopic (exact) mass is 372 g/mol. The molecule has 2 aromatic rings. The van der Waals surface area contributed by atoms with Crippen molar-refractivity contribution in [2.75, 3.05) is 31.1 Å². The number of anilines is 1. The molecule has 0 unspecified atom stereocenters. The quantitative estimate of drug-likeness (QED) is 0.815. The van der Waals surface area contributed by atoms with Crippen molar-refractivity contribution in [2.24, 2.45) is 0 Å². The number of carbonyl (C=O) groups is 1. The first-order valence-electron chi connectivity index (χ1n) is 8.28. The molecule has 6 nitrogen and oxygen atoms in total. The lowest BCUT2D eigenvalue weighted by Crippen LogP contribution is -2.48. The van der Waals surface area contributed by atoms with Crippen LogP contribution < -0.4 is 4.90 Å². The van der Waals surface area contributed by atoms with E-state index in [1.807, 2.05) is 30.3 Å². The Kier molecular flexibility index (Phi) is 5.39. The lowest BCUT2D eigenvalue weighted by molar-refractivity contribution is -0.131. The zero-order valence-corrected chi connectivity index (χ0v) is 15.0. The summed E-state index contributed by atoms with van der Waals surface area (Å²) in [7, 11) is -3.60. The Morgan fingerprint density at radius 3 is 2.31 bits per heavy atom. The van der Waals surface area contributed by atoms with Crippen LogP contribution in [-0.4, -0.2) is 50.0 Å². The van der Waals surface area contributed by atoms with Crippen molar-refractivity contribution in [2.45, 2.75) is 4.90 Å². The number of hydrogen-bond acceptors (Lipinski definition) is 4. The van der Waals surface area contributed by atoms with Crippen LogP contribution in [0.1, 0.15) is 5.56 Å². The Hall–Kier alpha value is -2.64. The minimum absolute atomic E-state index is 0.179. The fourth-order valence-corrected chi connectivity index (χ4v) is 4.40. The summed E-state index contributed by atoms with van der Waals surface area (Å²) in [4.78, 5) is 13.0. The van der Waals surface area contributed by atoms with Crippen LogP contribution in [0.2, 0.25) is 0 Å². The molecular weight excluding hydrogens is 352 g/mol. The van der Waals surface area contributed by atoms with Gasteiger partial charge in [0.05, 0.1) is 4.90 Å². The first kappa shape index (κ1) is 18.2. The van der Waals surface area contributed by atoms with Crippen LogP contribution in [0.3, 0.4) is 0 Å². The Morgan fingerprint density at radius 1 is 0.962 bits per heavy atom. The number of carboxylic acid groups (broad SMARTS) is 1. The standard InChI is InChI=1S/C19H20N2O4S/c22-19(23)10-9-16-5-4-8-18(15-16)26(24,25)21-13-11-20(12-14-21)17-6-2-1-3-7-17/h1-10,15H,11-14H2,(H,22,23)/b10-9+. The highest BCUT2D eigenvalue weighted by atomic mass is 32.2. The van der Waals surface area contributed by atoms with Gasteiger partial charge in [0.25, 0.3) is 0 Å². The molecule has 0 bridgehead atoms. The van der Waals surface area contributed by atoms with E-state index in [4.69, 9.17) is 5.11 Å². The smallest absolute Gasteiger partial charge is 0.328 e. The molecule has 1 fully saturated rings. The van der Waals surface area contributed by atoms with Gasteiger partial charge in [-0.1, -0.05) is 30.3 Å². The van der Waals surface area contributed by atoms with Gasteiger partial charge in [-0.2, -0.15) is 4.31 Å². The molecule has 0 spiro atoms. The number of rotatable bonds is 5. The Morgan fingerprint density at radius 2 is 1.65 bits per heavy atom. The van der Waals surface area contributed by atoms with E-state index in [9.17, 15) is 13.2 Å². The molecule has 0 aromatic heterocycles. The second-order valence-electron chi connectivity index (χ2n) is 5.97. The van der Waals surface area contributed by atoms with Crippen molar-refractivity contribution in [1.82, 2.24) is 4.31 Å². The maximum absolute atomic E-state index is 12.9. The van der Waals surface area contributed by atoms with Crippen molar-refractivity contribution in [3.8, 4) is 0 Å². The number of aliphatic carboxylic acids is 1. The largest absolute Gasteiger partial charge is 0.478 e. The molecule has 2 aromatic carbocycles. The molecule has 136 valence electrons. The molecule has 0 atom stereocenters. The molecule has 1 heterocycles. The van der Waals surface area contributed by atoms with E-state index >= 15 is 0 Å². The number of para-hydroxylation sites is 1.